The second-order valence-corrected chi connectivity index (χ2v) is 11.7. The molecule has 2 heteroatoms. The summed E-state index contributed by atoms with van der Waals surface area (Å²) in [5.41, 5.74) is 12.2. The number of nitrogens with two attached hydrogens (primary N) is 1. The van der Waals surface area contributed by atoms with E-state index in [9.17, 15) is 4.79 Å². The van der Waals surface area contributed by atoms with Gasteiger partial charge < -0.3 is 5.73 Å². The summed E-state index contributed by atoms with van der Waals surface area (Å²) < 4.78 is 0. The van der Waals surface area contributed by atoms with Crippen LogP contribution in [0.25, 0.3) is 0 Å². The summed E-state index contributed by atoms with van der Waals surface area (Å²) in [6.45, 7) is 13.5. The molecule has 2 saturated carbocycles. The van der Waals surface area contributed by atoms with Gasteiger partial charge >= 0.3 is 0 Å². The summed E-state index contributed by atoms with van der Waals surface area (Å²) in [6, 6.07) is 15.4. The zero-order valence-electron chi connectivity index (χ0n) is 19.5. The van der Waals surface area contributed by atoms with Crippen molar-refractivity contribution in [1.29, 1.82) is 0 Å². The molecule has 30 heavy (non-hydrogen) atoms. The molecule has 160 valence electrons. The molecule has 2 aliphatic rings. The highest BCUT2D eigenvalue weighted by atomic mass is 16.1. The molecule has 2 N–H and O–H groups in total. The summed E-state index contributed by atoms with van der Waals surface area (Å²) in [7, 11) is 0. The molecule has 2 nitrogen and oxygen atoms in total. The second kappa shape index (κ2) is 6.97. The summed E-state index contributed by atoms with van der Waals surface area (Å²) in [5, 5.41) is 0. The maximum Gasteiger partial charge on any atom is 0.228 e. The fourth-order valence-electron chi connectivity index (χ4n) is 5.26. The van der Waals surface area contributed by atoms with Crippen molar-refractivity contribution in [3.8, 4) is 0 Å². The predicted molar refractivity (Wildman–Crippen MR) is 125 cm³/mol. The molecule has 0 heterocycles. The molecule has 0 aromatic heterocycles. The van der Waals surface area contributed by atoms with Crippen LogP contribution in [0, 0.1) is 5.92 Å². The molecule has 0 aliphatic heterocycles. The number of benzene rings is 2. The molecule has 0 saturated heterocycles. The van der Waals surface area contributed by atoms with Gasteiger partial charge in [0.1, 0.15) is 0 Å². The number of primary amides is 1. The number of amides is 1. The number of hydrogen-bond acceptors (Lipinski definition) is 1. The molecule has 1 amide bonds. The van der Waals surface area contributed by atoms with Gasteiger partial charge in [-0.25, -0.2) is 0 Å². The average Bonchev–Trinajstić information content (AvgIpc) is 3.55. The molecule has 0 radical (unpaired) electrons. The van der Waals surface area contributed by atoms with E-state index in [4.69, 9.17) is 5.73 Å². The lowest BCUT2D eigenvalue weighted by molar-refractivity contribution is -0.120. The van der Waals surface area contributed by atoms with Gasteiger partial charge in [0.2, 0.25) is 5.91 Å². The topological polar surface area (TPSA) is 43.1 Å². The first-order valence-corrected chi connectivity index (χ1v) is 11.5. The van der Waals surface area contributed by atoms with E-state index in [1.54, 1.807) is 0 Å². The van der Waals surface area contributed by atoms with Crippen LogP contribution in [0.2, 0.25) is 0 Å². The zero-order chi connectivity index (χ0) is 21.9. The number of hydrogen-bond donors (Lipinski definition) is 1. The Hall–Kier alpha value is -2.09. The Kier molecular flexibility index (Phi) is 4.91. The first-order chi connectivity index (χ1) is 13.9. The van der Waals surface area contributed by atoms with Gasteiger partial charge in [-0.3, -0.25) is 4.79 Å². The van der Waals surface area contributed by atoms with Crippen molar-refractivity contribution in [3.63, 3.8) is 0 Å². The summed E-state index contributed by atoms with van der Waals surface area (Å²) in [4.78, 5) is 12.9. The quantitative estimate of drug-likeness (QED) is 0.640. The third-order valence-corrected chi connectivity index (χ3v) is 7.16. The third kappa shape index (κ3) is 3.70. The molecule has 2 unspecified atom stereocenters. The lowest BCUT2D eigenvalue weighted by Crippen LogP contribution is -2.33. The van der Waals surface area contributed by atoms with E-state index in [0.717, 1.165) is 24.3 Å². The predicted octanol–water partition coefficient (Wildman–Crippen LogP) is 6.14. The van der Waals surface area contributed by atoms with Gasteiger partial charge in [0, 0.05) is 5.92 Å². The fourth-order valence-corrected chi connectivity index (χ4v) is 5.26. The van der Waals surface area contributed by atoms with Crippen LogP contribution in [0.1, 0.15) is 94.5 Å². The van der Waals surface area contributed by atoms with Crippen molar-refractivity contribution in [3.05, 3.63) is 70.3 Å². The van der Waals surface area contributed by atoms with Crippen molar-refractivity contribution in [2.24, 2.45) is 11.7 Å². The molecule has 2 aromatic carbocycles. The van der Waals surface area contributed by atoms with Crippen LogP contribution in [-0.4, -0.2) is 5.91 Å². The van der Waals surface area contributed by atoms with Gasteiger partial charge in [-0.1, -0.05) is 84.0 Å². The maximum absolute atomic E-state index is 12.9. The first-order valence-electron chi connectivity index (χ1n) is 11.5. The van der Waals surface area contributed by atoms with E-state index in [2.05, 4.69) is 77.9 Å². The molecular formula is C28H37NO. The highest BCUT2D eigenvalue weighted by molar-refractivity contribution is 5.93. The summed E-state index contributed by atoms with van der Waals surface area (Å²) >= 11 is 0. The van der Waals surface area contributed by atoms with Crippen LogP contribution in [0.4, 0.5) is 0 Å². The normalized spacial score (nSPS) is 24.0. The Morgan fingerprint density at radius 2 is 1.60 bits per heavy atom. The Morgan fingerprint density at radius 1 is 0.967 bits per heavy atom. The monoisotopic (exact) mass is 403 g/mol. The molecule has 2 fully saturated rings. The van der Waals surface area contributed by atoms with Crippen LogP contribution in [0.15, 0.2) is 42.5 Å². The van der Waals surface area contributed by atoms with Gasteiger partial charge in [0.15, 0.2) is 0 Å². The van der Waals surface area contributed by atoms with Gasteiger partial charge in [-0.2, -0.15) is 0 Å². The number of carbonyl (C=O) groups is 1. The van der Waals surface area contributed by atoms with Gasteiger partial charge in [0.25, 0.3) is 0 Å². The zero-order valence-corrected chi connectivity index (χ0v) is 19.5. The maximum atomic E-state index is 12.9. The average molecular weight is 404 g/mol. The number of carbonyl (C=O) groups excluding carboxylic acids is 1. The van der Waals surface area contributed by atoms with E-state index in [1.165, 1.54) is 35.1 Å². The van der Waals surface area contributed by atoms with Gasteiger partial charge in [-0.15, -0.1) is 0 Å². The minimum atomic E-state index is -0.579. The smallest absolute Gasteiger partial charge is 0.228 e. The highest BCUT2D eigenvalue weighted by Crippen LogP contribution is 2.62. The van der Waals surface area contributed by atoms with Crippen LogP contribution in [-0.2, 0) is 27.5 Å². The van der Waals surface area contributed by atoms with Crippen molar-refractivity contribution in [2.75, 3.05) is 0 Å². The van der Waals surface area contributed by atoms with E-state index in [0.29, 0.717) is 0 Å². The van der Waals surface area contributed by atoms with E-state index >= 15 is 0 Å². The molecular weight excluding hydrogens is 366 g/mol. The van der Waals surface area contributed by atoms with Crippen LogP contribution < -0.4 is 5.73 Å². The fraction of sp³-hybridized carbons (Fsp3) is 0.536. The molecule has 0 bridgehead atoms. The SMILES string of the molecule is CC(C)(C)c1ccc(C2CC2(C(N)=O)c2ccccc2C(C)(C)C)cc1CC1CC1. The minimum absolute atomic E-state index is 0.0284. The number of rotatable bonds is 5. The van der Waals surface area contributed by atoms with Crippen molar-refractivity contribution < 1.29 is 4.79 Å². The molecule has 2 atom stereocenters. The van der Waals surface area contributed by atoms with Crippen molar-refractivity contribution in [1.82, 2.24) is 0 Å². The van der Waals surface area contributed by atoms with Crippen molar-refractivity contribution in [2.45, 2.75) is 89.4 Å². The van der Waals surface area contributed by atoms with Gasteiger partial charge in [0.05, 0.1) is 5.41 Å². The lowest BCUT2D eigenvalue weighted by Gasteiger charge is -2.27. The van der Waals surface area contributed by atoms with E-state index in [-0.39, 0.29) is 22.7 Å². The first kappa shape index (κ1) is 21.2. The van der Waals surface area contributed by atoms with E-state index < -0.39 is 5.41 Å². The van der Waals surface area contributed by atoms with Crippen molar-refractivity contribution >= 4 is 5.91 Å². The van der Waals surface area contributed by atoms with E-state index in [1.807, 2.05) is 6.07 Å². The summed E-state index contributed by atoms with van der Waals surface area (Å²) in [5.74, 6) is 0.821. The Labute approximate surface area is 182 Å². The second-order valence-electron chi connectivity index (χ2n) is 11.7. The standard InChI is InChI=1S/C28H37NO/c1-26(2,3)21-14-13-19(16-20(21)15-18-11-12-18)24-17-28(24,25(29)30)23-10-8-7-9-22(23)27(4,5)6/h7-10,13-14,16,18,24H,11-12,15,17H2,1-6H3,(H2,29,30). The summed E-state index contributed by atoms with van der Waals surface area (Å²) in [6.07, 6.45) is 4.67. The minimum Gasteiger partial charge on any atom is -0.369 e. The molecule has 2 aromatic rings. The lowest BCUT2D eigenvalue weighted by atomic mass is 9.76. The highest BCUT2D eigenvalue weighted by Gasteiger charge is 2.61. The molecule has 0 spiro atoms. The van der Waals surface area contributed by atoms with Gasteiger partial charge in [-0.05, 0) is 70.2 Å². The molecule has 2 aliphatic carbocycles. The third-order valence-electron chi connectivity index (χ3n) is 7.16. The van der Waals surface area contributed by atoms with Crippen LogP contribution in [0.3, 0.4) is 0 Å². The Morgan fingerprint density at radius 3 is 2.17 bits per heavy atom. The largest absolute Gasteiger partial charge is 0.369 e. The van der Waals surface area contributed by atoms with Crippen LogP contribution in [0.5, 0.6) is 0 Å². The van der Waals surface area contributed by atoms with Crippen LogP contribution >= 0.6 is 0 Å². The Bertz CT molecular complexity index is 971. The molecule has 4 rings (SSSR count). The Balaban J connectivity index is 1.77.